The van der Waals surface area contributed by atoms with E-state index in [-0.39, 0.29) is 24.7 Å². The van der Waals surface area contributed by atoms with Crippen LogP contribution in [0.1, 0.15) is 53.4 Å². The summed E-state index contributed by atoms with van der Waals surface area (Å²) in [6.07, 6.45) is -1.25. The Bertz CT molecular complexity index is 200. The average molecular weight is 248 g/mol. The first-order valence-electron chi connectivity index (χ1n) is 6.39. The molecule has 0 aliphatic rings. The molecule has 0 radical (unpaired) electrons. The minimum absolute atomic E-state index is 0.199. The fourth-order valence-electron chi connectivity index (χ4n) is 1.60. The average Bonchev–Trinajstić information content (AvgIpc) is 2.15. The molecule has 4 nitrogen and oxygen atoms in total. The van der Waals surface area contributed by atoms with Crippen LogP contribution in [0.2, 0.25) is 0 Å². The van der Waals surface area contributed by atoms with Crippen molar-refractivity contribution in [3.63, 3.8) is 0 Å². The van der Waals surface area contributed by atoms with Gasteiger partial charge < -0.3 is 20.4 Å². The van der Waals surface area contributed by atoms with Gasteiger partial charge in [-0.25, -0.2) is 0 Å². The van der Waals surface area contributed by atoms with Crippen molar-refractivity contribution in [1.82, 2.24) is 0 Å². The second-order valence-electron chi connectivity index (χ2n) is 5.96. The number of hydrogen-bond donors (Lipinski definition) is 4. The van der Waals surface area contributed by atoms with E-state index in [1.54, 1.807) is 0 Å². The van der Waals surface area contributed by atoms with Gasteiger partial charge in [-0.05, 0) is 31.1 Å². The predicted molar refractivity (Wildman–Crippen MR) is 67.6 cm³/mol. The van der Waals surface area contributed by atoms with Gasteiger partial charge in [0, 0.05) is 0 Å². The maximum absolute atomic E-state index is 9.81. The van der Waals surface area contributed by atoms with Crippen LogP contribution < -0.4 is 0 Å². The molecular formula is C13H28O4. The van der Waals surface area contributed by atoms with Crippen molar-refractivity contribution in [3.8, 4) is 0 Å². The van der Waals surface area contributed by atoms with Crippen molar-refractivity contribution in [2.75, 3.05) is 0 Å². The highest BCUT2D eigenvalue weighted by Crippen LogP contribution is 2.24. The van der Waals surface area contributed by atoms with Crippen LogP contribution in [-0.4, -0.2) is 44.8 Å². The lowest BCUT2D eigenvalue weighted by atomic mass is 9.85. The van der Waals surface area contributed by atoms with Gasteiger partial charge >= 0.3 is 0 Å². The molecule has 104 valence electrons. The van der Waals surface area contributed by atoms with Crippen LogP contribution in [-0.2, 0) is 0 Å². The van der Waals surface area contributed by atoms with Crippen LogP contribution in [0.3, 0.4) is 0 Å². The molecule has 4 heteroatoms. The quantitative estimate of drug-likeness (QED) is 0.543. The van der Waals surface area contributed by atoms with Gasteiger partial charge in [0.15, 0.2) is 0 Å². The summed E-state index contributed by atoms with van der Waals surface area (Å²) in [6, 6.07) is 0. The fourth-order valence-corrected chi connectivity index (χ4v) is 1.60. The van der Waals surface area contributed by atoms with E-state index >= 15 is 0 Å². The third-order valence-corrected chi connectivity index (χ3v) is 3.05. The Morgan fingerprint density at radius 3 is 1.59 bits per heavy atom. The summed E-state index contributed by atoms with van der Waals surface area (Å²) < 4.78 is 0. The largest absolute Gasteiger partial charge is 0.393 e. The molecule has 0 saturated carbocycles. The molecule has 0 aliphatic heterocycles. The third kappa shape index (κ3) is 7.71. The van der Waals surface area contributed by atoms with E-state index in [1.165, 1.54) is 0 Å². The molecule has 0 aromatic heterocycles. The fraction of sp³-hybridized carbons (Fsp3) is 1.00. The lowest BCUT2D eigenvalue weighted by Crippen LogP contribution is -2.32. The summed E-state index contributed by atoms with van der Waals surface area (Å²) in [5, 5.41) is 38.5. The summed E-state index contributed by atoms with van der Waals surface area (Å²) in [7, 11) is 0. The Morgan fingerprint density at radius 1 is 0.765 bits per heavy atom. The van der Waals surface area contributed by atoms with Gasteiger partial charge in [-0.2, -0.15) is 0 Å². The monoisotopic (exact) mass is 248 g/mol. The normalized spacial score (nSPS) is 19.8. The summed E-state index contributed by atoms with van der Waals surface area (Å²) in [6.45, 7) is 7.56. The van der Waals surface area contributed by atoms with Crippen molar-refractivity contribution in [2.45, 2.75) is 77.8 Å². The summed E-state index contributed by atoms with van der Waals surface area (Å²) >= 11 is 0. The number of hydrogen-bond acceptors (Lipinski definition) is 4. The Balaban J connectivity index is 3.97. The van der Waals surface area contributed by atoms with E-state index in [1.807, 2.05) is 27.7 Å². The van der Waals surface area contributed by atoms with Crippen molar-refractivity contribution in [2.24, 2.45) is 5.41 Å². The molecule has 0 bridgehead atoms. The van der Waals surface area contributed by atoms with Gasteiger partial charge in [0.2, 0.25) is 0 Å². The number of rotatable bonds is 7. The van der Waals surface area contributed by atoms with E-state index < -0.39 is 24.4 Å². The third-order valence-electron chi connectivity index (χ3n) is 3.05. The minimum atomic E-state index is -0.733. The molecule has 0 aromatic carbocycles. The Hall–Kier alpha value is -0.160. The SMILES string of the molecule is CC[C@@H](O)C[C@H](O)C[C@@H](O)C[C@@H](O)C(C)(C)C. The van der Waals surface area contributed by atoms with Crippen molar-refractivity contribution in [3.05, 3.63) is 0 Å². The first-order valence-corrected chi connectivity index (χ1v) is 6.39. The highest BCUT2D eigenvalue weighted by molar-refractivity contribution is 4.77. The maximum atomic E-state index is 9.81. The van der Waals surface area contributed by atoms with Gasteiger partial charge in [-0.1, -0.05) is 27.7 Å². The van der Waals surface area contributed by atoms with E-state index in [0.717, 1.165) is 0 Å². The van der Waals surface area contributed by atoms with Crippen molar-refractivity contribution in [1.29, 1.82) is 0 Å². The van der Waals surface area contributed by atoms with Crippen LogP contribution in [0.25, 0.3) is 0 Å². The Labute approximate surface area is 104 Å². The summed E-state index contributed by atoms with van der Waals surface area (Å²) in [5.41, 5.74) is -0.269. The topological polar surface area (TPSA) is 80.9 Å². The second-order valence-corrected chi connectivity index (χ2v) is 5.96. The number of aliphatic hydroxyl groups is 4. The zero-order chi connectivity index (χ0) is 13.6. The molecule has 4 atom stereocenters. The van der Waals surface area contributed by atoms with E-state index in [4.69, 9.17) is 0 Å². The van der Waals surface area contributed by atoms with Crippen LogP contribution in [0.4, 0.5) is 0 Å². The second kappa shape index (κ2) is 7.31. The zero-order valence-electron chi connectivity index (χ0n) is 11.4. The highest BCUT2D eigenvalue weighted by Gasteiger charge is 2.26. The summed E-state index contributed by atoms with van der Waals surface area (Å²) in [5.74, 6) is 0. The highest BCUT2D eigenvalue weighted by atomic mass is 16.3. The van der Waals surface area contributed by atoms with Crippen LogP contribution in [0.15, 0.2) is 0 Å². The molecule has 0 amide bonds. The van der Waals surface area contributed by atoms with E-state index in [9.17, 15) is 20.4 Å². The molecule has 0 aromatic rings. The molecular weight excluding hydrogens is 220 g/mol. The Morgan fingerprint density at radius 2 is 1.18 bits per heavy atom. The molecule has 17 heavy (non-hydrogen) atoms. The molecule has 0 saturated heterocycles. The van der Waals surface area contributed by atoms with Gasteiger partial charge in [0.25, 0.3) is 0 Å². The molecule has 0 fully saturated rings. The smallest absolute Gasteiger partial charge is 0.0613 e. The number of aliphatic hydroxyl groups excluding tert-OH is 4. The standard InChI is InChI=1S/C13H28O4/c1-5-9(14)6-10(15)7-11(16)8-12(17)13(2,3)4/h9-12,14-17H,5-8H2,1-4H3/t9-,10+,11-,12-/m1/s1. The van der Waals surface area contributed by atoms with Gasteiger partial charge in [0.1, 0.15) is 0 Å². The molecule has 0 heterocycles. The van der Waals surface area contributed by atoms with Crippen LogP contribution >= 0.6 is 0 Å². The van der Waals surface area contributed by atoms with Gasteiger partial charge in [0.05, 0.1) is 24.4 Å². The first kappa shape index (κ1) is 16.8. The molecule has 0 unspecified atom stereocenters. The summed E-state index contributed by atoms with van der Waals surface area (Å²) in [4.78, 5) is 0. The predicted octanol–water partition coefficient (Wildman–Crippen LogP) is 1.06. The molecule has 0 aliphatic carbocycles. The van der Waals surface area contributed by atoms with Gasteiger partial charge in [-0.15, -0.1) is 0 Å². The maximum Gasteiger partial charge on any atom is 0.0613 e. The first-order chi connectivity index (χ1) is 7.66. The van der Waals surface area contributed by atoms with E-state index in [0.29, 0.717) is 6.42 Å². The lowest BCUT2D eigenvalue weighted by Gasteiger charge is -2.28. The molecule has 4 N–H and O–H groups in total. The van der Waals surface area contributed by atoms with Crippen molar-refractivity contribution < 1.29 is 20.4 Å². The Kier molecular flexibility index (Phi) is 7.24. The van der Waals surface area contributed by atoms with Crippen LogP contribution in [0.5, 0.6) is 0 Å². The van der Waals surface area contributed by atoms with Gasteiger partial charge in [-0.3, -0.25) is 0 Å². The minimum Gasteiger partial charge on any atom is -0.393 e. The molecule has 0 spiro atoms. The lowest BCUT2D eigenvalue weighted by molar-refractivity contribution is -0.0110. The van der Waals surface area contributed by atoms with Crippen molar-refractivity contribution >= 4 is 0 Å². The van der Waals surface area contributed by atoms with E-state index in [2.05, 4.69) is 0 Å². The zero-order valence-corrected chi connectivity index (χ0v) is 11.4. The van der Waals surface area contributed by atoms with Crippen LogP contribution in [0, 0.1) is 5.41 Å². The molecule has 0 rings (SSSR count).